The summed E-state index contributed by atoms with van der Waals surface area (Å²) in [6.07, 6.45) is -4.35. The fourth-order valence-corrected chi connectivity index (χ4v) is 5.68. The van der Waals surface area contributed by atoms with Crippen LogP contribution in [-0.2, 0) is 12.4 Å². The predicted octanol–water partition coefficient (Wildman–Crippen LogP) is 10.2. The topological polar surface area (TPSA) is 110 Å². The molecule has 0 amide bonds. The van der Waals surface area contributed by atoms with Crippen LogP contribution in [0, 0.1) is 26.6 Å². The van der Waals surface area contributed by atoms with Crippen LogP contribution in [0.2, 0.25) is 0 Å². The molecule has 0 spiro atoms. The number of rotatable bonds is 6. The molecular formula is C39H29F7N10. The third-order valence-corrected chi connectivity index (χ3v) is 8.35. The quantitative estimate of drug-likeness (QED) is 0.161. The maximum Gasteiger partial charge on any atom is 0.435 e. The van der Waals surface area contributed by atoms with Crippen LogP contribution in [0.3, 0.4) is 0 Å². The molecule has 0 aliphatic rings. The van der Waals surface area contributed by atoms with E-state index in [0.717, 1.165) is 51.4 Å². The molecule has 56 heavy (non-hydrogen) atoms. The fraction of sp³-hybridized carbons (Fsp3) is 0.128. The molecule has 0 atom stereocenters. The average Bonchev–Trinajstić information content (AvgIpc) is 3.70. The van der Waals surface area contributed by atoms with Crippen LogP contribution in [0.1, 0.15) is 28.1 Å². The highest BCUT2D eigenvalue weighted by molar-refractivity contribution is 5.66. The van der Waals surface area contributed by atoms with E-state index < -0.39 is 35.1 Å². The largest absolute Gasteiger partial charge is 0.435 e. The Balaban J connectivity index is 0.000000172. The van der Waals surface area contributed by atoms with Gasteiger partial charge in [0.05, 0.1) is 11.3 Å². The molecule has 8 rings (SSSR count). The molecule has 0 unspecified atom stereocenters. The van der Waals surface area contributed by atoms with Crippen molar-refractivity contribution in [2.45, 2.75) is 33.1 Å². The van der Waals surface area contributed by atoms with Crippen LogP contribution in [0.5, 0.6) is 0 Å². The lowest BCUT2D eigenvalue weighted by molar-refractivity contribution is -0.140. The number of benzene rings is 2. The van der Waals surface area contributed by atoms with E-state index in [2.05, 4.69) is 40.5 Å². The number of fused-ring (bicyclic) bond motifs is 2. The van der Waals surface area contributed by atoms with Crippen molar-refractivity contribution in [3.63, 3.8) is 0 Å². The van der Waals surface area contributed by atoms with Gasteiger partial charge in [-0.2, -0.15) is 26.3 Å². The monoisotopic (exact) mass is 770 g/mol. The van der Waals surface area contributed by atoms with Gasteiger partial charge in [0.1, 0.15) is 40.1 Å². The first-order valence-corrected chi connectivity index (χ1v) is 16.8. The average molecular weight is 771 g/mol. The summed E-state index contributed by atoms with van der Waals surface area (Å²) in [6.45, 7) is 5.66. The summed E-state index contributed by atoms with van der Waals surface area (Å²) < 4.78 is 95.9. The van der Waals surface area contributed by atoms with Crippen molar-refractivity contribution in [3.8, 4) is 23.0 Å². The lowest BCUT2D eigenvalue weighted by atomic mass is 10.2. The van der Waals surface area contributed by atoms with Crippen molar-refractivity contribution < 1.29 is 30.7 Å². The number of hydrogen-bond donors (Lipinski definition) is 2. The van der Waals surface area contributed by atoms with Gasteiger partial charge in [-0.05, 0) is 81.4 Å². The zero-order valence-corrected chi connectivity index (χ0v) is 29.6. The second-order valence-corrected chi connectivity index (χ2v) is 12.6. The van der Waals surface area contributed by atoms with Gasteiger partial charge in [-0.15, -0.1) is 0 Å². The SMILES string of the molecule is Cc1ccc(Nc2ccnc(-c3c(C(F)(F)F)nc4ccc(F)cn34)n2)cc1.Cc1ccc(Nc2ccnc(-c3c(C)nc4ccc(C(F)(F)F)cn34)n2)cc1. The number of aryl methyl sites for hydroxylation is 3. The van der Waals surface area contributed by atoms with Crippen LogP contribution in [0.25, 0.3) is 34.3 Å². The smallest absolute Gasteiger partial charge is 0.340 e. The van der Waals surface area contributed by atoms with E-state index in [0.29, 0.717) is 34.5 Å². The third kappa shape index (κ3) is 8.11. The van der Waals surface area contributed by atoms with Crippen LogP contribution in [0.4, 0.5) is 53.7 Å². The van der Waals surface area contributed by atoms with E-state index in [4.69, 9.17) is 0 Å². The Morgan fingerprint density at radius 1 is 0.518 bits per heavy atom. The first kappa shape index (κ1) is 37.4. The first-order chi connectivity index (χ1) is 26.6. The molecular weight excluding hydrogens is 741 g/mol. The highest BCUT2D eigenvalue weighted by Gasteiger charge is 2.39. The number of imidazole rings is 2. The highest BCUT2D eigenvalue weighted by atomic mass is 19.4. The zero-order chi connectivity index (χ0) is 39.8. The first-order valence-electron chi connectivity index (χ1n) is 16.8. The number of halogens is 7. The Bertz CT molecular complexity index is 2670. The van der Waals surface area contributed by atoms with Crippen molar-refractivity contribution in [1.82, 2.24) is 38.7 Å². The summed E-state index contributed by atoms with van der Waals surface area (Å²) in [5.41, 5.74) is 2.74. The van der Waals surface area contributed by atoms with Crippen molar-refractivity contribution in [3.05, 3.63) is 144 Å². The molecule has 6 aromatic heterocycles. The van der Waals surface area contributed by atoms with Gasteiger partial charge in [0.15, 0.2) is 17.3 Å². The van der Waals surface area contributed by atoms with Crippen molar-refractivity contribution in [2.24, 2.45) is 0 Å². The van der Waals surface area contributed by atoms with Crippen LogP contribution in [0.15, 0.2) is 110 Å². The summed E-state index contributed by atoms with van der Waals surface area (Å²) in [4.78, 5) is 24.8. The maximum absolute atomic E-state index is 13.7. The number of anilines is 4. The summed E-state index contributed by atoms with van der Waals surface area (Å²) in [5, 5.41) is 6.19. The van der Waals surface area contributed by atoms with Crippen LogP contribution < -0.4 is 10.6 Å². The Hall–Kier alpha value is -6.91. The van der Waals surface area contributed by atoms with Gasteiger partial charge >= 0.3 is 12.4 Å². The molecule has 0 aliphatic heterocycles. The van der Waals surface area contributed by atoms with Crippen molar-refractivity contribution in [1.29, 1.82) is 0 Å². The highest BCUT2D eigenvalue weighted by Crippen LogP contribution is 2.37. The molecule has 0 fully saturated rings. The molecule has 0 bridgehead atoms. The second-order valence-electron chi connectivity index (χ2n) is 12.6. The number of nitrogens with zero attached hydrogens (tertiary/aromatic N) is 8. The Kier molecular flexibility index (Phi) is 9.84. The number of aromatic nitrogens is 8. The molecule has 8 aromatic rings. The minimum atomic E-state index is -4.75. The summed E-state index contributed by atoms with van der Waals surface area (Å²) in [5.74, 6) is 0.210. The molecule has 0 saturated heterocycles. The van der Waals surface area contributed by atoms with Crippen LogP contribution >= 0.6 is 0 Å². The predicted molar refractivity (Wildman–Crippen MR) is 196 cm³/mol. The standard InChI is InChI=1S/C20H16F3N5.C19H13F4N5/c1-12-3-6-15(7-4-12)26-16-9-10-24-19(27-16)18-13(2)25-17-8-5-14(11-28(17)18)20(21,22)23;1-11-2-5-13(6-3-11)25-14-8-9-24-18(26-14)16-17(19(21,22)23)27-15-7-4-12(20)10-28(15)16/h3-11H,1-2H3,(H,24,26,27);2-10H,1H3,(H,24,25,26). The van der Waals surface area contributed by atoms with Gasteiger partial charge in [-0.3, -0.25) is 8.80 Å². The Labute approximate surface area is 313 Å². The van der Waals surface area contributed by atoms with E-state index >= 15 is 0 Å². The van der Waals surface area contributed by atoms with Gasteiger partial charge in [0.2, 0.25) is 0 Å². The molecule has 17 heteroatoms. The maximum atomic E-state index is 13.7. The number of pyridine rings is 2. The van der Waals surface area contributed by atoms with Crippen molar-refractivity contribution >= 4 is 34.3 Å². The van der Waals surface area contributed by atoms with Crippen molar-refractivity contribution in [2.75, 3.05) is 10.6 Å². The fourth-order valence-electron chi connectivity index (χ4n) is 5.68. The lowest BCUT2D eigenvalue weighted by Crippen LogP contribution is -2.09. The minimum Gasteiger partial charge on any atom is -0.340 e. The molecule has 10 nitrogen and oxygen atoms in total. The van der Waals surface area contributed by atoms with Gasteiger partial charge < -0.3 is 10.6 Å². The third-order valence-electron chi connectivity index (χ3n) is 8.35. The molecule has 284 valence electrons. The van der Waals surface area contributed by atoms with E-state index in [-0.39, 0.29) is 11.5 Å². The second kappa shape index (κ2) is 14.7. The van der Waals surface area contributed by atoms with Gasteiger partial charge in [0.25, 0.3) is 0 Å². The zero-order valence-electron chi connectivity index (χ0n) is 29.6. The van der Waals surface area contributed by atoms with E-state index in [1.165, 1.54) is 28.8 Å². The molecule has 0 aliphatic carbocycles. The number of nitrogens with one attached hydrogen (secondary N) is 2. The Morgan fingerprint density at radius 3 is 1.55 bits per heavy atom. The van der Waals surface area contributed by atoms with Gasteiger partial charge in [-0.25, -0.2) is 34.3 Å². The summed E-state index contributed by atoms with van der Waals surface area (Å²) in [7, 11) is 0. The van der Waals surface area contributed by atoms with E-state index in [1.807, 2.05) is 62.4 Å². The molecule has 0 saturated carbocycles. The van der Waals surface area contributed by atoms with Crippen LogP contribution in [-0.4, -0.2) is 38.7 Å². The normalized spacial score (nSPS) is 11.8. The van der Waals surface area contributed by atoms with E-state index in [1.54, 1.807) is 19.2 Å². The van der Waals surface area contributed by atoms with Gasteiger partial charge in [-0.1, -0.05) is 35.4 Å². The van der Waals surface area contributed by atoms with E-state index in [9.17, 15) is 30.7 Å². The summed E-state index contributed by atoms with van der Waals surface area (Å²) in [6, 6.07) is 23.0. The molecule has 6 heterocycles. The van der Waals surface area contributed by atoms with Gasteiger partial charge in [0, 0.05) is 36.2 Å². The molecule has 2 aromatic carbocycles. The lowest BCUT2D eigenvalue weighted by Gasteiger charge is -2.09. The summed E-state index contributed by atoms with van der Waals surface area (Å²) >= 11 is 0. The molecule has 0 radical (unpaired) electrons. The number of hydrogen-bond acceptors (Lipinski definition) is 8. The molecule has 2 N–H and O–H groups in total. The minimum absolute atomic E-state index is 0.0516. The number of alkyl halides is 6. The Morgan fingerprint density at radius 2 is 1.02 bits per heavy atom.